The molecule has 0 bridgehead atoms. The van der Waals surface area contributed by atoms with Crippen LogP contribution in [0.25, 0.3) is 0 Å². The predicted molar refractivity (Wildman–Crippen MR) is 122 cm³/mol. The Morgan fingerprint density at radius 3 is 1.31 bits per heavy atom. The van der Waals surface area contributed by atoms with Crippen molar-refractivity contribution < 1.29 is 14.3 Å². The van der Waals surface area contributed by atoms with Crippen LogP contribution in [0.3, 0.4) is 0 Å². The number of esters is 1. The third-order valence-corrected chi connectivity index (χ3v) is 9.02. The molecular formula is C25H25O3P. The molecule has 3 aromatic carbocycles. The number of carbonyl (C=O) groups is 2. The van der Waals surface area contributed by atoms with Crippen molar-refractivity contribution in [1.29, 1.82) is 0 Å². The van der Waals surface area contributed by atoms with E-state index in [0.29, 0.717) is 0 Å². The van der Waals surface area contributed by atoms with Crippen LogP contribution in [-0.2, 0) is 14.3 Å². The molecule has 0 fully saturated rings. The third kappa shape index (κ3) is 4.11. The molecule has 3 aromatic rings. The van der Waals surface area contributed by atoms with Gasteiger partial charge in [0.25, 0.3) is 0 Å². The molecule has 0 aliphatic rings. The van der Waals surface area contributed by atoms with Crippen LogP contribution in [0.15, 0.2) is 91.0 Å². The fourth-order valence-electron chi connectivity index (χ4n) is 3.58. The first-order valence-electron chi connectivity index (χ1n) is 9.63. The van der Waals surface area contributed by atoms with E-state index in [4.69, 9.17) is 4.74 Å². The molecule has 0 saturated carbocycles. The van der Waals surface area contributed by atoms with Crippen molar-refractivity contribution in [3.05, 3.63) is 91.0 Å². The maximum Gasteiger partial charge on any atom is 0.343 e. The van der Waals surface area contributed by atoms with Crippen molar-refractivity contribution in [2.24, 2.45) is 0 Å². The van der Waals surface area contributed by atoms with Gasteiger partial charge in [0.05, 0.1) is 6.10 Å². The Morgan fingerprint density at radius 1 is 0.690 bits per heavy atom. The minimum Gasteiger partial charge on any atom is -0.459 e. The van der Waals surface area contributed by atoms with Gasteiger partial charge in [-0.15, -0.1) is 0 Å². The zero-order valence-electron chi connectivity index (χ0n) is 16.9. The van der Waals surface area contributed by atoms with Gasteiger partial charge in [-0.3, -0.25) is 4.79 Å². The van der Waals surface area contributed by atoms with Crippen molar-refractivity contribution in [3.8, 4) is 0 Å². The smallest absolute Gasteiger partial charge is 0.343 e. The molecule has 0 N–H and O–H groups in total. The zero-order chi connectivity index (χ0) is 20.9. The van der Waals surface area contributed by atoms with Crippen molar-refractivity contribution in [2.45, 2.75) is 26.9 Å². The largest absolute Gasteiger partial charge is 0.459 e. The summed E-state index contributed by atoms with van der Waals surface area (Å²) in [5, 5.41) is 3.06. The van der Waals surface area contributed by atoms with E-state index in [1.54, 1.807) is 13.8 Å². The third-order valence-electron chi connectivity index (χ3n) is 4.64. The van der Waals surface area contributed by atoms with Crippen LogP contribution >= 0.6 is 6.89 Å². The highest BCUT2D eigenvalue weighted by Gasteiger charge is 2.36. The van der Waals surface area contributed by atoms with E-state index in [-0.39, 0.29) is 17.2 Å². The molecular weight excluding hydrogens is 379 g/mol. The summed E-state index contributed by atoms with van der Waals surface area (Å²) in [5.74, 6) is -0.807. The van der Waals surface area contributed by atoms with Gasteiger partial charge in [0.2, 0.25) is 0 Å². The quantitative estimate of drug-likeness (QED) is 0.358. The normalized spacial score (nSPS) is 11.2. The number of hydrogen-bond acceptors (Lipinski definition) is 3. The highest BCUT2D eigenvalue weighted by Crippen LogP contribution is 2.46. The lowest BCUT2D eigenvalue weighted by molar-refractivity contribution is -0.139. The number of carbonyl (C=O) groups excluding carboxylic acids is 2. The SMILES string of the molecule is CC(=O)C(C(=O)OC(C)C)=P(c1ccccc1)(c1ccccc1)c1ccccc1. The molecule has 0 aromatic heterocycles. The second-order valence-corrected chi connectivity index (χ2v) is 10.4. The Morgan fingerprint density at radius 2 is 1.03 bits per heavy atom. The van der Waals surface area contributed by atoms with E-state index in [1.165, 1.54) is 6.92 Å². The Labute approximate surface area is 172 Å². The summed E-state index contributed by atoms with van der Waals surface area (Å²) in [6, 6.07) is 29.5. The van der Waals surface area contributed by atoms with Gasteiger partial charge >= 0.3 is 5.97 Å². The van der Waals surface area contributed by atoms with Crippen LogP contribution < -0.4 is 15.9 Å². The first kappa shape index (κ1) is 20.8. The van der Waals surface area contributed by atoms with Crippen LogP contribution in [0, 0.1) is 0 Å². The summed E-state index contributed by atoms with van der Waals surface area (Å²) < 4.78 is 5.58. The fraction of sp³-hybridized carbons (Fsp3) is 0.160. The summed E-state index contributed by atoms with van der Waals surface area (Å²) in [6.45, 7) is 2.31. The van der Waals surface area contributed by atoms with E-state index >= 15 is 0 Å². The average Bonchev–Trinajstić information content (AvgIpc) is 2.73. The minimum absolute atomic E-state index is 0.217. The topological polar surface area (TPSA) is 43.4 Å². The van der Waals surface area contributed by atoms with Crippen molar-refractivity contribution in [1.82, 2.24) is 0 Å². The van der Waals surface area contributed by atoms with Crippen LogP contribution in [0.1, 0.15) is 20.8 Å². The Hall–Kier alpha value is -2.90. The standard InChI is InChI=1S/C25H25O3P/c1-19(2)28-25(27)24(20(3)26)29(21-13-7-4-8-14-21,22-15-9-5-10-16-22)23-17-11-6-12-18-23/h4-19H,1-3H3. The lowest BCUT2D eigenvalue weighted by atomic mass is 10.3. The molecule has 0 unspecified atom stereocenters. The predicted octanol–water partition coefficient (Wildman–Crippen LogP) is 3.69. The summed E-state index contributed by atoms with van der Waals surface area (Å²) in [4.78, 5) is 26.3. The Kier molecular flexibility index (Phi) is 6.51. The summed E-state index contributed by atoms with van der Waals surface area (Å²) in [7, 11) is 0. The number of Topliss-reactive ketones (excluding diaryl/α,β-unsaturated/α-hetero) is 1. The summed E-state index contributed by atoms with van der Waals surface area (Å²) >= 11 is 0. The molecule has 0 aliphatic heterocycles. The van der Waals surface area contributed by atoms with Gasteiger partial charge in [0.1, 0.15) is 5.29 Å². The number of hydrogen-bond donors (Lipinski definition) is 0. The first-order valence-corrected chi connectivity index (χ1v) is 11.4. The van der Waals surface area contributed by atoms with E-state index in [9.17, 15) is 9.59 Å². The number of benzene rings is 3. The van der Waals surface area contributed by atoms with Crippen molar-refractivity contribution in [2.75, 3.05) is 0 Å². The lowest BCUT2D eigenvalue weighted by Gasteiger charge is -2.31. The van der Waals surface area contributed by atoms with E-state index < -0.39 is 12.9 Å². The number of ether oxygens (including phenoxy) is 1. The van der Waals surface area contributed by atoms with Gasteiger partial charge in [0, 0.05) is 0 Å². The molecule has 0 amide bonds. The summed E-state index contributed by atoms with van der Waals surface area (Å²) in [6.07, 6.45) is -0.318. The highest BCUT2D eigenvalue weighted by atomic mass is 31.2. The van der Waals surface area contributed by atoms with E-state index in [2.05, 4.69) is 0 Å². The maximum absolute atomic E-state index is 13.3. The highest BCUT2D eigenvalue weighted by molar-refractivity contribution is 7.97. The molecule has 148 valence electrons. The zero-order valence-corrected chi connectivity index (χ0v) is 17.8. The average molecular weight is 404 g/mol. The van der Waals surface area contributed by atoms with Crippen LogP contribution in [-0.4, -0.2) is 23.2 Å². The van der Waals surface area contributed by atoms with Gasteiger partial charge < -0.3 is 4.74 Å². The molecule has 0 aliphatic carbocycles. The summed E-state index contributed by atoms with van der Waals surface area (Å²) in [5.41, 5.74) is 0. The first-order chi connectivity index (χ1) is 14.0. The van der Waals surface area contributed by atoms with Crippen LogP contribution in [0.5, 0.6) is 0 Å². The van der Waals surface area contributed by atoms with Crippen LogP contribution in [0.2, 0.25) is 0 Å². The number of rotatable bonds is 6. The van der Waals surface area contributed by atoms with Gasteiger partial charge in [-0.05, 0) is 43.6 Å². The number of ketones is 1. The van der Waals surface area contributed by atoms with Crippen molar-refractivity contribution in [3.63, 3.8) is 0 Å². The van der Waals surface area contributed by atoms with Gasteiger partial charge in [-0.2, -0.15) is 0 Å². The lowest BCUT2D eigenvalue weighted by Crippen LogP contribution is -2.38. The van der Waals surface area contributed by atoms with Gasteiger partial charge in [-0.1, -0.05) is 91.0 Å². The fourth-order valence-corrected chi connectivity index (χ4v) is 7.90. The molecule has 0 spiro atoms. The van der Waals surface area contributed by atoms with Crippen molar-refractivity contribution >= 4 is 39.8 Å². The maximum atomic E-state index is 13.3. The molecule has 0 heterocycles. The molecule has 3 rings (SSSR count). The molecule has 0 atom stereocenters. The van der Waals surface area contributed by atoms with E-state index in [1.807, 2.05) is 91.0 Å². The molecule has 29 heavy (non-hydrogen) atoms. The second-order valence-electron chi connectivity index (χ2n) is 7.04. The monoisotopic (exact) mass is 404 g/mol. The minimum atomic E-state index is -2.74. The second kappa shape index (κ2) is 9.07. The Bertz CT molecular complexity index is 936. The van der Waals surface area contributed by atoms with Crippen LogP contribution in [0.4, 0.5) is 0 Å². The van der Waals surface area contributed by atoms with Gasteiger partial charge in [0.15, 0.2) is 5.78 Å². The Balaban J connectivity index is 2.58. The molecule has 4 heteroatoms. The molecule has 3 nitrogen and oxygen atoms in total. The van der Waals surface area contributed by atoms with E-state index in [0.717, 1.165) is 15.9 Å². The molecule has 0 saturated heterocycles. The molecule has 0 radical (unpaired) electrons. The van der Waals surface area contributed by atoms with Gasteiger partial charge in [-0.25, -0.2) is 4.79 Å².